The lowest BCUT2D eigenvalue weighted by Gasteiger charge is -2.26. The average Bonchev–Trinajstić information content (AvgIpc) is 3.12. The van der Waals surface area contributed by atoms with Crippen LogP contribution in [0.4, 0.5) is 13.2 Å². The van der Waals surface area contributed by atoms with Gasteiger partial charge in [0, 0.05) is 41.9 Å². The van der Waals surface area contributed by atoms with Gasteiger partial charge in [-0.2, -0.15) is 13.2 Å². The molecule has 0 saturated carbocycles. The Morgan fingerprint density at radius 2 is 2.00 bits per heavy atom. The summed E-state index contributed by atoms with van der Waals surface area (Å²) in [5.41, 5.74) is -3.40. The van der Waals surface area contributed by atoms with E-state index < -0.39 is 35.5 Å². The van der Waals surface area contributed by atoms with Crippen molar-refractivity contribution in [1.82, 2.24) is 4.57 Å². The minimum absolute atomic E-state index is 0.0204. The highest BCUT2D eigenvalue weighted by atomic mass is 19.4. The number of carbonyl (C=O) groups is 1. The zero-order valence-electron chi connectivity index (χ0n) is 18.2. The van der Waals surface area contributed by atoms with E-state index >= 15 is 0 Å². The van der Waals surface area contributed by atoms with Crippen LogP contribution in [0.15, 0.2) is 40.8 Å². The van der Waals surface area contributed by atoms with Gasteiger partial charge >= 0.3 is 12.1 Å². The molecule has 1 heterocycles. The summed E-state index contributed by atoms with van der Waals surface area (Å²) in [6, 6.07) is 4.75. The minimum Gasteiger partial charge on any atom is -0.462 e. The monoisotopic (exact) mass is 461 g/mol. The number of fused-ring (bicyclic) bond motifs is 1. The van der Waals surface area contributed by atoms with Crippen LogP contribution in [-0.4, -0.2) is 33.5 Å². The van der Waals surface area contributed by atoms with Crippen molar-refractivity contribution in [2.45, 2.75) is 38.7 Å². The van der Waals surface area contributed by atoms with Crippen molar-refractivity contribution in [2.24, 2.45) is 7.05 Å². The highest BCUT2D eigenvalue weighted by molar-refractivity contribution is 6.19. The number of rotatable bonds is 4. The van der Waals surface area contributed by atoms with E-state index in [1.807, 2.05) is 5.92 Å². The lowest BCUT2D eigenvalue weighted by atomic mass is 9.91. The number of pyridine rings is 1. The Bertz CT molecular complexity index is 1260. The number of ether oxygens (including phenoxy) is 1. The van der Waals surface area contributed by atoms with Crippen LogP contribution >= 0.6 is 0 Å². The third-order valence-electron chi connectivity index (χ3n) is 5.39. The van der Waals surface area contributed by atoms with Crippen LogP contribution in [0.1, 0.15) is 41.7 Å². The molecule has 0 aliphatic heterocycles. The van der Waals surface area contributed by atoms with Crippen molar-refractivity contribution in [3.63, 3.8) is 0 Å². The van der Waals surface area contributed by atoms with E-state index in [1.54, 1.807) is 13.8 Å². The van der Waals surface area contributed by atoms with E-state index in [0.717, 1.165) is 12.1 Å². The van der Waals surface area contributed by atoms with Gasteiger partial charge in [0.2, 0.25) is 5.60 Å². The summed E-state index contributed by atoms with van der Waals surface area (Å²) in [7, 11) is 1.42. The summed E-state index contributed by atoms with van der Waals surface area (Å²) < 4.78 is 48.1. The zero-order chi connectivity index (χ0) is 24.6. The summed E-state index contributed by atoms with van der Waals surface area (Å²) in [5.74, 6) is 3.57. The molecule has 0 amide bonds. The van der Waals surface area contributed by atoms with Gasteiger partial charge in [0.25, 0.3) is 5.56 Å². The summed E-state index contributed by atoms with van der Waals surface area (Å²) in [4.78, 5) is 25.1. The fraction of sp³-hybridized carbons (Fsp3) is 0.333. The Labute approximate surface area is 187 Å². The van der Waals surface area contributed by atoms with Crippen LogP contribution < -0.4 is 5.56 Å². The van der Waals surface area contributed by atoms with Crippen molar-refractivity contribution >= 4 is 11.5 Å². The summed E-state index contributed by atoms with van der Waals surface area (Å²) in [6.45, 7) is 2.80. The van der Waals surface area contributed by atoms with E-state index in [-0.39, 0.29) is 40.9 Å². The maximum absolute atomic E-state index is 14.0. The van der Waals surface area contributed by atoms with Gasteiger partial charge < -0.3 is 19.5 Å². The fourth-order valence-electron chi connectivity index (χ4n) is 3.75. The highest BCUT2D eigenvalue weighted by Gasteiger charge is 2.54. The quantitative estimate of drug-likeness (QED) is 0.540. The number of halogens is 3. The standard InChI is InChI=1S/C24H22F3NO5/c1-4-33-22(31)19-14(2)10-18-20(19)16(12-28(3)21(18)30)8-9-23(32,24(25,26)27)17-7-5-6-15(11-17)13-29/h5-7,11-12,29,32H,4,10,13H2,1-3H3. The Morgan fingerprint density at radius 3 is 2.61 bits per heavy atom. The first-order chi connectivity index (χ1) is 15.4. The first-order valence-corrected chi connectivity index (χ1v) is 10.1. The number of aryl methyl sites for hydroxylation is 1. The fourth-order valence-corrected chi connectivity index (χ4v) is 3.75. The Morgan fingerprint density at radius 1 is 1.30 bits per heavy atom. The van der Waals surface area contributed by atoms with E-state index in [0.29, 0.717) is 5.57 Å². The topological polar surface area (TPSA) is 88.8 Å². The Kier molecular flexibility index (Phi) is 6.54. The van der Waals surface area contributed by atoms with E-state index in [9.17, 15) is 33.0 Å². The molecule has 1 aliphatic rings. The van der Waals surface area contributed by atoms with E-state index in [1.165, 1.54) is 29.9 Å². The second kappa shape index (κ2) is 8.89. The molecule has 1 unspecified atom stereocenters. The number of hydrogen-bond acceptors (Lipinski definition) is 5. The van der Waals surface area contributed by atoms with Gasteiger partial charge in [-0.15, -0.1) is 0 Å². The van der Waals surface area contributed by atoms with Gasteiger partial charge in [0.1, 0.15) is 0 Å². The molecular weight excluding hydrogens is 439 g/mol. The van der Waals surface area contributed by atoms with Gasteiger partial charge in [-0.05, 0) is 31.4 Å². The third-order valence-corrected chi connectivity index (χ3v) is 5.39. The predicted molar refractivity (Wildman–Crippen MR) is 114 cm³/mol. The number of hydrogen-bond donors (Lipinski definition) is 2. The molecule has 1 aliphatic carbocycles. The molecule has 0 spiro atoms. The Balaban J connectivity index is 2.25. The molecule has 0 saturated heterocycles. The Hall–Kier alpha value is -3.35. The van der Waals surface area contributed by atoms with Gasteiger partial charge in [0.15, 0.2) is 0 Å². The number of esters is 1. The molecule has 33 heavy (non-hydrogen) atoms. The zero-order valence-corrected chi connectivity index (χ0v) is 18.2. The van der Waals surface area contributed by atoms with Crippen molar-refractivity contribution in [3.8, 4) is 11.8 Å². The second-order valence-corrected chi connectivity index (χ2v) is 7.68. The van der Waals surface area contributed by atoms with Crippen LogP contribution in [0.5, 0.6) is 0 Å². The molecule has 0 bridgehead atoms. The molecule has 0 radical (unpaired) electrons. The maximum atomic E-state index is 14.0. The number of allylic oxidation sites excluding steroid dienone is 1. The molecule has 1 aromatic carbocycles. The van der Waals surface area contributed by atoms with Crippen LogP contribution in [-0.2, 0) is 35.2 Å². The number of aliphatic hydroxyl groups is 2. The average molecular weight is 461 g/mol. The van der Waals surface area contributed by atoms with Crippen molar-refractivity contribution in [1.29, 1.82) is 0 Å². The molecule has 2 aromatic rings. The predicted octanol–water partition coefficient (Wildman–Crippen LogP) is 2.57. The molecule has 174 valence electrons. The number of nitrogens with zero attached hydrogens (tertiary/aromatic N) is 1. The van der Waals surface area contributed by atoms with Gasteiger partial charge in [-0.25, -0.2) is 4.79 Å². The molecule has 9 heteroatoms. The molecule has 2 N–H and O–H groups in total. The van der Waals surface area contributed by atoms with Crippen LogP contribution in [0.2, 0.25) is 0 Å². The normalized spacial score (nSPS) is 14.9. The summed E-state index contributed by atoms with van der Waals surface area (Å²) >= 11 is 0. The maximum Gasteiger partial charge on any atom is 0.433 e. The number of aromatic nitrogens is 1. The molecule has 1 atom stereocenters. The van der Waals surface area contributed by atoms with E-state index in [2.05, 4.69) is 5.92 Å². The van der Waals surface area contributed by atoms with Gasteiger partial charge in [0.05, 0.1) is 18.8 Å². The van der Waals surface area contributed by atoms with Crippen LogP contribution in [0.25, 0.3) is 5.57 Å². The lowest BCUT2D eigenvalue weighted by Crippen LogP contribution is -2.41. The number of carbonyl (C=O) groups excluding carboxylic acids is 1. The largest absolute Gasteiger partial charge is 0.462 e. The second-order valence-electron chi connectivity index (χ2n) is 7.68. The molecule has 0 fully saturated rings. The lowest BCUT2D eigenvalue weighted by molar-refractivity contribution is -0.240. The summed E-state index contributed by atoms with van der Waals surface area (Å²) in [5, 5.41) is 19.9. The molecular formula is C24H22F3NO5. The SMILES string of the molecule is CCOC(=O)C1=C(C)Cc2c1c(C#CC(O)(c1cccc(CO)c1)C(F)(F)F)cn(C)c2=O. The highest BCUT2D eigenvalue weighted by Crippen LogP contribution is 2.39. The first-order valence-electron chi connectivity index (χ1n) is 10.1. The smallest absolute Gasteiger partial charge is 0.433 e. The van der Waals surface area contributed by atoms with Crippen LogP contribution in [0.3, 0.4) is 0 Å². The van der Waals surface area contributed by atoms with E-state index in [4.69, 9.17) is 4.74 Å². The van der Waals surface area contributed by atoms with Gasteiger partial charge in [-0.3, -0.25) is 4.79 Å². The van der Waals surface area contributed by atoms with Crippen LogP contribution in [0, 0.1) is 11.8 Å². The number of alkyl halides is 3. The molecule has 3 rings (SSSR count). The molecule has 6 nitrogen and oxygen atoms in total. The third kappa shape index (κ3) is 4.32. The molecule has 1 aromatic heterocycles. The minimum atomic E-state index is -5.17. The first kappa shape index (κ1) is 24.3. The summed E-state index contributed by atoms with van der Waals surface area (Å²) in [6.07, 6.45) is -3.81. The van der Waals surface area contributed by atoms with Gasteiger partial charge in [-0.1, -0.05) is 29.7 Å². The van der Waals surface area contributed by atoms with Crippen molar-refractivity contribution < 1.29 is 32.9 Å². The van der Waals surface area contributed by atoms with Crippen molar-refractivity contribution in [3.05, 3.63) is 74.2 Å². The number of aliphatic hydroxyl groups excluding tert-OH is 1. The van der Waals surface area contributed by atoms with Crippen molar-refractivity contribution in [2.75, 3.05) is 6.61 Å². The number of benzene rings is 1.